The summed E-state index contributed by atoms with van der Waals surface area (Å²) in [6.45, 7) is 5.05. The topological polar surface area (TPSA) is 58.5 Å². The molecule has 0 aromatic carbocycles. The maximum Gasteiger partial charge on any atom is 0.158 e. The minimum absolute atomic E-state index is 0.0779. The van der Waals surface area contributed by atoms with Crippen LogP contribution in [-0.2, 0) is 4.74 Å². The molecule has 1 aromatic heterocycles. The highest BCUT2D eigenvalue weighted by Crippen LogP contribution is 2.30. The van der Waals surface area contributed by atoms with Crippen molar-refractivity contribution >= 4 is 0 Å². The second-order valence-electron chi connectivity index (χ2n) is 6.44. The third-order valence-corrected chi connectivity index (χ3v) is 4.55. The van der Waals surface area contributed by atoms with Gasteiger partial charge in [-0.05, 0) is 25.8 Å². The second kappa shape index (κ2) is 6.38. The van der Waals surface area contributed by atoms with Crippen molar-refractivity contribution < 1.29 is 9.84 Å². The summed E-state index contributed by atoms with van der Waals surface area (Å²) in [5.41, 5.74) is 0.458. The fraction of sp³-hybridized carbons (Fsp3) is 0.750. The molecule has 21 heavy (non-hydrogen) atoms. The van der Waals surface area contributed by atoms with E-state index in [1.165, 1.54) is 6.42 Å². The van der Waals surface area contributed by atoms with E-state index in [0.717, 1.165) is 56.8 Å². The van der Waals surface area contributed by atoms with Gasteiger partial charge in [0.1, 0.15) is 6.10 Å². The monoisotopic (exact) mass is 291 g/mol. The lowest BCUT2D eigenvalue weighted by Crippen LogP contribution is -2.49. The number of aryl methyl sites for hydroxylation is 1. The number of morpholine rings is 1. The standard InChI is InChI=1S/C16H25N3O2/c1-13-5-8-17-15(18-13)14-11-19(9-10-21-14)12-16(20)6-3-2-4-7-16/h5,8,14,20H,2-4,6-7,9-12H2,1H3. The highest BCUT2D eigenvalue weighted by Gasteiger charge is 2.34. The van der Waals surface area contributed by atoms with E-state index in [0.29, 0.717) is 6.61 Å². The highest BCUT2D eigenvalue weighted by atomic mass is 16.5. The van der Waals surface area contributed by atoms with E-state index >= 15 is 0 Å². The van der Waals surface area contributed by atoms with E-state index < -0.39 is 5.60 Å². The molecular formula is C16H25N3O2. The average molecular weight is 291 g/mol. The van der Waals surface area contributed by atoms with Crippen LogP contribution in [0.25, 0.3) is 0 Å². The molecule has 2 fully saturated rings. The third-order valence-electron chi connectivity index (χ3n) is 4.55. The van der Waals surface area contributed by atoms with Crippen LogP contribution in [0.1, 0.15) is 49.7 Å². The Kier molecular flexibility index (Phi) is 4.52. The summed E-state index contributed by atoms with van der Waals surface area (Å²) in [6, 6.07) is 1.90. The van der Waals surface area contributed by atoms with Gasteiger partial charge in [-0.3, -0.25) is 4.90 Å². The van der Waals surface area contributed by atoms with Crippen molar-refractivity contribution in [1.82, 2.24) is 14.9 Å². The molecule has 3 rings (SSSR count). The van der Waals surface area contributed by atoms with Gasteiger partial charge in [0.05, 0.1) is 12.2 Å². The Labute approximate surface area is 126 Å². The van der Waals surface area contributed by atoms with Crippen molar-refractivity contribution in [3.63, 3.8) is 0 Å². The Bertz CT molecular complexity index is 474. The van der Waals surface area contributed by atoms with Crippen molar-refractivity contribution in [3.8, 4) is 0 Å². The summed E-state index contributed by atoms with van der Waals surface area (Å²) < 4.78 is 5.82. The first-order valence-electron chi connectivity index (χ1n) is 8.01. The number of aliphatic hydroxyl groups is 1. The summed E-state index contributed by atoms with van der Waals surface area (Å²) in [5, 5.41) is 10.7. The van der Waals surface area contributed by atoms with Gasteiger partial charge >= 0.3 is 0 Å². The minimum Gasteiger partial charge on any atom is -0.389 e. The molecule has 1 aliphatic carbocycles. The van der Waals surface area contributed by atoms with Gasteiger partial charge in [0.2, 0.25) is 0 Å². The van der Waals surface area contributed by atoms with Crippen LogP contribution in [0.4, 0.5) is 0 Å². The van der Waals surface area contributed by atoms with Crippen molar-refractivity contribution in [1.29, 1.82) is 0 Å². The predicted octanol–water partition coefficient (Wildman–Crippen LogP) is 1.85. The highest BCUT2D eigenvalue weighted by molar-refractivity contribution is 5.03. The summed E-state index contributed by atoms with van der Waals surface area (Å²) in [7, 11) is 0. The van der Waals surface area contributed by atoms with Crippen LogP contribution < -0.4 is 0 Å². The van der Waals surface area contributed by atoms with E-state index in [9.17, 15) is 5.11 Å². The van der Waals surface area contributed by atoms with Crippen LogP contribution in [0.3, 0.4) is 0 Å². The molecule has 116 valence electrons. The fourth-order valence-electron chi connectivity index (χ4n) is 3.41. The van der Waals surface area contributed by atoms with Crippen LogP contribution in [0.5, 0.6) is 0 Å². The lowest BCUT2D eigenvalue weighted by atomic mass is 9.84. The number of β-amino-alcohol motifs (C(OH)–C–C–N with tert-alkyl or cyclic N) is 1. The molecular weight excluding hydrogens is 266 g/mol. The molecule has 1 saturated carbocycles. The molecule has 1 aromatic rings. The van der Waals surface area contributed by atoms with Gasteiger partial charge in [-0.15, -0.1) is 0 Å². The Morgan fingerprint density at radius 3 is 2.95 bits per heavy atom. The zero-order valence-corrected chi connectivity index (χ0v) is 12.8. The number of hydrogen-bond acceptors (Lipinski definition) is 5. The van der Waals surface area contributed by atoms with Crippen molar-refractivity contribution in [2.75, 3.05) is 26.2 Å². The maximum absolute atomic E-state index is 10.7. The Morgan fingerprint density at radius 2 is 2.19 bits per heavy atom. The van der Waals surface area contributed by atoms with Crippen LogP contribution in [-0.4, -0.2) is 51.8 Å². The molecule has 0 radical (unpaired) electrons. The molecule has 1 saturated heterocycles. The smallest absolute Gasteiger partial charge is 0.158 e. The third kappa shape index (κ3) is 3.78. The van der Waals surface area contributed by atoms with Crippen LogP contribution >= 0.6 is 0 Å². The maximum atomic E-state index is 10.7. The average Bonchev–Trinajstić information content (AvgIpc) is 2.48. The van der Waals surface area contributed by atoms with Gasteiger partial charge in [0, 0.05) is 31.5 Å². The first kappa shape index (κ1) is 14.9. The first-order chi connectivity index (χ1) is 10.1. The largest absolute Gasteiger partial charge is 0.389 e. The van der Waals surface area contributed by atoms with Gasteiger partial charge in [-0.1, -0.05) is 19.3 Å². The number of nitrogens with zero attached hydrogens (tertiary/aromatic N) is 3. The molecule has 1 N–H and O–H groups in total. The Hall–Kier alpha value is -1.04. The predicted molar refractivity (Wildman–Crippen MR) is 79.9 cm³/mol. The van der Waals surface area contributed by atoms with Gasteiger partial charge < -0.3 is 9.84 Å². The summed E-state index contributed by atoms with van der Waals surface area (Å²) in [4.78, 5) is 11.1. The van der Waals surface area contributed by atoms with E-state index in [1.54, 1.807) is 6.20 Å². The van der Waals surface area contributed by atoms with Gasteiger partial charge in [-0.25, -0.2) is 9.97 Å². The first-order valence-corrected chi connectivity index (χ1v) is 8.01. The van der Waals surface area contributed by atoms with E-state index in [1.807, 2.05) is 13.0 Å². The number of ether oxygens (including phenoxy) is 1. The summed E-state index contributed by atoms with van der Waals surface area (Å²) >= 11 is 0. The lowest BCUT2D eigenvalue weighted by Gasteiger charge is -2.40. The molecule has 5 nitrogen and oxygen atoms in total. The zero-order valence-electron chi connectivity index (χ0n) is 12.8. The van der Waals surface area contributed by atoms with Crippen molar-refractivity contribution in [2.24, 2.45) is 0 Å². The van der Waals surface area contributed by atoms with Gasteiger partial charge in [-0.2, -0.15) is 0 Å². The molecule has 1 atom stereocenters. The van der Waals surface area contributed by atoms with Crippen LogP contribution in [0.2, 0.25) is 0 Å². The van der Waals surface area contributed by atoms with Gasteiger partial charge in [0.15, 0.2) is 5.82 Å². The normalized spacial score (nSPS) is 26.7. The van der Waals surface area contributed by atoms with Crippen molar-refractivity contribution in [2.45, 2.75) is 50.7 Å². The molecule has 2 aliphatic rings. The second-order valence-corrected chi connectivity index (χ2v) is 6.44. The SMILES string of the molecule is Cc1ccnc(C2CN(CC3(O)CCCCC3)CCO2)n1. The van der Waals surface area contributed by atoms with Gasteiger partial charge in [0.25, 0.3) is 0 Å². The molecule has 5 heteroatoms. The van der Waals surface area contributed by atoms with E-state index in [2.05, 4.69) is 14.9 Å². The Balaban J connectivity index is 1.63. The van der Waals surface area contributed by atoms with Crippen LogP contribution in [0.15, 0.2) is 12.3 Å². The summed E-state index contributed by atoms with van der Waals surface area (Å²) in [5.74, 6) is 0.760. The number of hydrogen-bond donors (Lipinski definition) is 1. The molecule has 1 unspecified atom stereocenters. The fourth-order valence-corrected chi connectivity index (χ4v) is 3.41. The van der Waals surface area contributed by atoms with E-state index in [4.69, 9.17) is 4.74 Å². The summed E-state index contributed by atoms with van der Waals surface area (Å²) in [6.07, 6.45) is 7.10. The number of rotatable bonds is 3. The van der Waals surface area contributed by atoms with Crippen LogP contribution in [0, 0.1) is 6.92 Å². The molecule has 1 aliphatic heterocycles. The molecule has 0 bridgehead atoms. The molecule has 0 amide bonds. The quantitative estimate of drug-likeness (QED) is 0.921. The molecule has 0 spiro atoms. The lowest BCUT2D eigenvalue weighted by molar-refractivity contribution is -0.0788. The van der Waals surface area contributed by atoms with E-state index in [-0.39, 0.29) is 6.10 Å². The minimum atomic E-state index is -0.506. The zero-order chi connectivity index (χ0) is 14.7. The molecule has 2 heterocycles. The number of aromatic nitrogens is 2. The van der Waals surface area contributed by atoms with Crippen molar-refractivity contribution in [3.05, 3.63) is 23.8 Å². The Morgan fingerprint density at radius 1 is 1.38 bits per heavy atom.